The van der Waals surface area contributed by atoms with Crippen molar-refractivity contribution in [1.82, 2.24) is 10.1 Å². The number of urea groups is 1. The highest BCUT2D eigenvalue weighted by atomic mass is 16.5. The minimum atomic E-state index is -0.253. The molecule has 2 rings (SSSR count). The number of aryl methyl sites for hydroxylation is 2. The Balaban J connectivity index is 1.77. The molecule has 0 aliphatic rings. The maximum Gasteiger partial charge on any atom is 0.322 e. The first kappa shape index (κ1) is 14.9. The summed E-state index contributed by atoms with van der Waals surface area (Å²) in [5.74, 6) is 1.89. The summed E-state index contributed by atoms with van der Waals surface area (Å²) >= 11 is 0. The van der Waals surface area contributed by atoms with Crippen molar-refractivity contribution in [3.63, 3.8) is 0 Å². The predicted molar refractivity (Wildman–Crippen MR) is 79.6 cm³/mol. The van der Waals surface area contributed by atoms with Crippen molar-refractivity contribution in [3.05, 3.63) is 41.7 Å². The number of rotatable bonds is 5. The number of aromatic nitrogens is 1. The van der Waals surface area contributed by atoms with Crippen molar-refractivity contribution in [2.45, 2.75) is 13.8 Å². The SMILES string of the molecule is Cc1cc(NC(=O)N(C)CCOc2ccccc2C)no1. The highest BCUT2D eigenvalue weighted by molar-refractivity contribution is 5.88. The summed E-state index contributed by atoms with van der Waals surface area (Å²) in [6.45, 7) is 4.64. The molecule has 1 N–H and O–H groups in total. The minimum Gasteiger partial charge on any atom is -0.491 e. The Morgan fingerprint density at radius 1 is 1.38 bits per heavy atom. The monoisotopic (exact) mass is 289 g/mol. The zero-order valence-electron chi connectivity index (χ0n) is 12.4. The van der Waals surface area contributed by atoms with E-state index < -0.39 is 0 Å². The topological polar surface area (TPSA) is 67.6 Å². The Labute approximate surface area is 123 Å². The van der Waals surface area contributed by atoms with Gasteiger partial charge in [-0.15, -0.1) is 0 Å². The number of anilines is 1. The number of hydrogen-bond donors (Lipinski definition) is 1. The van der Waals surface area contributed by atoms with Crippen molar-refractivity contribution in [2.24, 2.45) is 0 Å². The maximum absolute atomic E-state index is 11.9. The molecule has 6 heteroatoms. The van der Waals surface area contributed by atoms with Crippen LogP contribution in [0.5, 0.6) is 5.75 Å². The first-order valence-corrected chi connectivity index (χ1v) is 6.70. The van der Waals surface area contributed by atoms with Gasteiger partial charge in [-0.3, -0.25) is 5.32 Å². The van der Waals surface area contributed by atoms with Crippen LogP contribution >= 0.6 is 0 Å². The van der Waals surface area contributed by atoms with Crippen LogP contribution < -0.4 is 10.1 Å². The number of ether oxygens (including phenoxy) is 1. The highest BCUT2D eigenvalue weighted by Gasteiger charge is 2.11. The zero-order valence-corrected chi connectivity index (χ0v) is 12.4. The van der Waals surface area contributed by atoms with Gasteiger partial charge in [0.2, 0.25) is 0 Å². The van der Waals surface area contributed by atoms with Crippen LogP contribution in [0.1, 0.15) is 11.3 Å². The van der Waals surface area contributed by atoms with Crippen molar-refractivity contribution in [2.75, 3.05) is 25.5 Å². The predicted octanol–water partition coefficient (Wildman–Crippen LogP) is 2.83. The molecule has 0 saturated heterocycles. The second kappa shape index (κ2) is 6.78. The molecule has 0 atom stereocenters. The number of likely N-dealkylation sites (N-methyl/N-ethyl adjacent to an activating group) is 1. The molecule has 0 radical (unpaired) electrons. The van der Waals surface area contributed by atoms with Gasteiger partial charge in [-0.05, 0) is 25.5 Å². The van der Waals surface area contributed by atoms with Crippen LogP contribution in [0.3, 0.4) is 0 Å². The van der Waals surface area contributed by atoms with E-state index in [9.17, 15) is 4.79 Å². The second-order valence-electron chi connectivity index (χ2n) is 4.79. The lowest BCUT2D eigenvalue weighted by atomic mass is 10.2. The number of hydrogen-bond acceptors (Lipinski definition) is 4. The summed E-state index contributed by atoms with van der Waals surface area (Å²) in [6, 6.07) is 9.19. The molecule has 0 bridgehead atoms. The molecule has 1 heterocycles. The summed E-state index contributed by atoms with van der Waals surface area (Å²) in [6.07, 6.45) is 0. The van der Waals surface area contributed by atoms with E-state index in [2.05, 4.69) is 10.5 Å². The van der Waals surface area contributed by atoms with Crippen molar-refractivity contribution in [1.29, 1.82) is 0 Å². The van der Waals surface area contributed by atoms with Gasteiger partial charge < -0.3 is 14.2 Å². The fraction of sp³-hybridized carbons (Fsp3) is 0.333. The fourth-order valence-corrected chi connectivity index (χ4v) is 1.74. The van der Waals surface area contributed by atoms with Gasteiger partial charge in [-0.25, -0.2) is 4.79 Å². The molecule has 6 nitrogen and oxygen atoms in total. The number of carbonyl (C=O) groups excluding carboxylic acids is 1. The van der Waals surface area contributed by atoms with Gasteiger partial charge in [-0.2, -0.15) is 0 Å². The van der Waals surface area contributed by atoms with Crippen molar-refractivity contribution in [3.8, 4) is 5.75 Å². The molecule has 0 spiro atoms. The van der Waals surface area contributed by atoms with Crippen molar-refractivity contribution < 1.29 is 14.1 Å². The summed E-state index contributed by atoms with van der Waals surface area (Å²) in [7, 11) is 1.70. The largest absolute Gasteiger partial charge is 0.491 e. The number of benzene rings is 1. The Morgan fingerprint density at radius 3 is 2.81 bits per heavy atom. The van der Waals surface area contributed by atoms with E-state index in [0.29, 0.717) is 24.7 Å². The maximum atomic E-state index is 11.9. The Bertz CT molecular complexity index is 610. The van der Waals surface area contributed by atoms with E-state index in [-0.39, 0.29) is 6.03 Å². The van der Waals surface area contributed by atoms with Gasteiger partial charge in [0, 0.05) is 13.1 Å². The number of amides is 2. The molecule has 0 unspecified atom stereocenters. The molecule has 2 aromatic rings. The quantitative estimate of drug-likeness (QED) is 0.919. The van der Waals surface area contributed by atoms with Gasteiger partial charge in [0.15, 0.2) is 5.82 Å². The summed E-state index contributed by atoms with van der Waals surface area (Å²) in [4.78, 5) is 13.4. The zero-order chi connectivity index (χ0) is 15.2. The summed E-state index contributed by atoms with van der Waals surface area (Å²) in [5, 5.41) is 6.36. The number of carbonyl (C=O) groups is 1. The third kappa shape index (κ3) is 4.24. The van der Waals surface area contributed by atoms with Gasteiger partial charge in [0.1, 0.15) is 18.1 Å². The van der Waals surface area contributed by atoms with Gasteiger partial charge in [0.25, 0.3) is 0 Å². The molecule has 0 aliphatic heterocycles. The average Bonchev–Trinajstić information content (AvgIpc) is 2.86. The fourth-order valence-electron chi connectivity index (χ4n) is 1.74. The number of nitrogens with one attached hydrogen (secondary N) is 1. The lowest BCUT2D eigenvalue weighted by molar-refractivity contribution is 0.207. The van der Waals surface area contributed by atoms with Crippen LogP contribution in [0.15, 0.2) is 34.9 Å². The molecular formula is C15H19N3O3. The molecule has 0 saturated carbocycles. The van der Waals surface area contributed by atoms with Crippen LogP contribution in [0.25, 0.3) is 0 Å². The standard InChI is InChI=1S/C15H19N3O3/c1-11-6-4-5-7-13(11)20-9-8-18(3)15(19)16-14-10-12(2)21-17-14/h4-7,10H,8-9H2,1-3H3,(H,16,17,19). The van der Waals surface area contributed by atoms with Crippen LogP contribution in [-0.4, -0.2) is 36.3 Å². The summed E-state index contributed by atoms with van der Waals surface area (Å²) < 4.78 is 10.5. The number of nitrogens with zero attached hydrogens (tertiary/aromatic N) is 2. The Kier molecular flexibility index (Phi) is 4.81. The lowest BCUT2D eigenvalue weighted by Crippen LogP contribution is -2.34. The molecule has 1 aromatic heterocycles. The van der Waals surface area contributed by atoms with E-state index in [1.807, 2.05) is 31.2 Å². The first-order valence-electron chi connectivity index (χ1n) is 6.70. The molecular weight excluding hydrogens is 270 g/mol. The van der Waals surface area contributed by atoms with Gasteiger partial charge in [-0.1, -0.05) is 23.4 Å². The van der Waals surface area contributed by atoms with E-state index in [0.717, 1.165) is 11.3 Å². The summed E-state index contributed by atoms with van der Waals surface area (Å²) in [5.41, 5.74) is 1.07. The van der Waals surface area contributed by atoms with E-state index in [4.69, 9.17) is 9.26 Å². The highest BCUT2D eigenvalue weighted by Crippen LogP contribution is 2.15. The van der Waals surface area contributed by atoms with Gasteiger partial charge >= 0.3 is 6.03 Å². The number of para-hydroxylation sites is 1. The Hall–Kier alpha value is -2.50. The third-order valence-electron chi connectivity index (χ3n) is 2.99. The molecule has 0 fully saturated rings. The Morgan fingerprint density at radius 2 is 2.14 bits per heavy atom. The van der Waals surface area contributed by atoms with Crippen molar-refractivity contribution >= 4 is 11.8 Å². The molecule has 2 amide bonds. The molecule has 112 valence electrons. The van der Waals surface area contributed by atoms with E-state index >= 15 is 0 Å². The van der Waals surface area contributed by atoms with Crippen LogP contribution in [0, 0.1) is 13.8 Å². The molecule has 1 aromatic carbocycles. The van der Waals surface area contributed by atoms with E-state index in [1.165, 1.54) is 4.90 Å². The van der Waals surface area contributed by atoms with Crippen LogP contribution in [0.4, 0.5) is 10.6 Å². The van der Waals surface area contributed by atoms with Crippen LogP contribution in [-0.2, 0) is 0 Å². The molecule has 21 heavy (non-hydrogen) atoms. The normalized spacial score (nSPS) is 10.2. The van der Waals surface area contributed by atoms with Crippen LogP contribution in [0.2, 0.25) is 0 Å². The minimum absolute atomic E-state index is 0.253. The first-order chi connectivity index (χ1) is 10.1. The second-order valence-corrected chi connectivity index (χ2v) is 4.79. The lowest BCUT2D eigenvalue weighted by Gasteiger charge is -2.17. The van der Waals surface area contributed by atoms with Gasteiger partial charge in [0.05, 0.1) is 6.54 Å². The third-order valence-corrected chi connectivity index (χ3v) is 2.99. The van der Waals surface area contributed by atoms with E-state index in [1.54, 1.807) is 20.0 Å². The average molecular weight is 289 g/mol. The smallest absolute Gasteiger partial charge is 0.322 e. The molecule has 0 aliphatic carbocycles.